The topological polar surface area (TPSA) is 87.7 Å². The lowest BCUT2D eigenvalue weighted by Crippen LogP contribution is -2.28. The molecule has 0 amide bonds. The minimum absolute atomic E-state index is 0.227. The molecule has 0 aliphatic rings. The molecule has 8 heteroatoms. The molecule has 0 saturated heterocycles. The number of sulfonamides is 1. The summed E-state index contributed by atoms with van der Waals surface area (Å²) in [4.78, 5) is 10.9. The number of H-pyrrole nitrogens is 1. The van der Waals surface area contributed by atoms with Crippen molar-refractivity contribution in [1.82, 2.24) is 19.7 Å². The molecule has 2 rings (SSSR count). The molecule has 0 aliphatic heterocycles. The van der Waals surface area contributed by atoms with Gasteiger partial charge in [0.25, 0.3) is 10.0 Å². The third-order valence-corrected chi connectivity index (χ3v) is 5.27. The zero-order valence-corrected chi connectivity index (χ0v) is 11.7. The third-order valence-electron chi connectivity index (χ3n) is 2.42. The van der Waals surface area contributed by atoms with Crippen LogP contribution in [-0.4, -0.2) is 23.4 Å². The highest BCUT2D eigenvalue weighted by Gasteiger charge is 2.23. The maximum atomic E-state index is 12.1. The largest absolute Gasteiger partial charge is 0.347 e. The Kier molecular flexibility index (Phi) is 3.79. The fourth-order valence-electron chi connectivity index (χ4n) is 1.51. The van der Waals surface area contributed by atoms with E-state index in [4.69, 9.17) is 0 Å². The van der Waals surface area contributed by atoms with Gasteiger partial charge in [0.05, 0.1) is 17.2 Å². The van der Waals surface area contributed by atoms with E-state index in [1.54, 1.807) is 19.3 Å². The molecule has 2 aromatic rings. The van der Waals surface area contributed by atoms with Gasteiger partial charge in [-0.25, -0.2) is 18.4 Å². The van der Waals surface area contributed by atoms with Crippen LogP contribution in [0.4, 0.5) is 0 Å². The van der Waals surface area contributed by atoms with Crippen LogP contribution in [0.2, 0.25) is 0 Å². The summed E-state index contributed by atoms with van der Waals surface area (Å²) >= 11 is 1.15. The van der Waals surface area contributed by atoms with E-state index in [1.807, 2.05) is 6.92 Å². The Morgan fingerprint density at radius 1 is 1.50 bits per heavy atom. The van der Waals surface area contributed by atoms with Crippen LogP contribution in [0.5, 0.6) is 0 Å². The summed E-state index contributed by atoms with van der Waals surface area (Å²) in [5, 5.41) is 0.724. The second-order valence-electron chi connectivity index (χ2n) is 3.75. The number of nitrogens with zero attached hydrogens (tertiary/aromatic N) is 2. The van der Waals surface area contributed by atoms with Crippen LogP contribution < -0.4 is 4.72 Å². The normalized spacial score (nSPS) is 13.7. The standard InChI is InChI=1S/C10H14N4O2S2/c1-3-8(10-11-4-5-12-10)14-18(15,16)9-6-13-7(2)17-9/h4-6,8,14H,3H2,1-2H3,(H,11,12). The first kappa shape index (κ1) is 13.2. The number of nitrogens with one attached hydrogen (secondary N) is 2. The number of imidazole rings is 1. The highest BCUT2D eigenvalue weighted by atomic mass is 32.2. The minimum Gasteiger partial charge on any atom is -0.347 e. The summed E-state index contributed by atoms with van der Waals surface area (Å²) in [7, 11) is -3.53. The van der Waals surface area contributed by atoms with Gasteiger partial charge in [0.1, 0.15) is 5.82 Å². The van der Waals surface area contributed by atoms with Gasteiger partial charge < -0.3 is 4.98 Å². The quantitative estimate of drug-likeness (QED) is 0.874. The first-order valence-corrected chi connectivity index (χ1v) is 7.77. The molecule has 0 aliphatic carbocycles. The number of rotatable bonds is 5. The highest BCUT2D eigenvalue weighted by Crippen LogP contribution is 2.21. The number of hydrogen-bond donors (Lipinski definition) is 2. The molecule has 1 atom stereocenters. The smallest absolute Gasteiger partial charge is 0.252 e. The second kappa shape index (κ2) is 5.17. The number of aromatic amines is 1. The molecule has 0 aromatic carbocycles. The van der Waals surface area contributed by atoms with E-state index < -0.39 is 10.0 Å². The summed E-state index contributed by atoms with van der Waals surface area (Å²) in [6.07, 6.45) is 5.26. The molecule has 1 unspecified atom stereocenters. The monoisotopic (exact) mass is 286 g/mol. The van der Waals surface area contributed by atoms with Crippen LogP contribution in [0, 0.1) is 6.92 Å². The average Bonchev–Trinajstić information content (AvgIpc) is 2.96. The fourth-order valence-corrected chi connectivity index (χ4v) is 3.92. The Balaban J connectivity index is 2.22. The van der Waals surface area contributed by atoms with E-state index in [1.165, 1.54) is 6.20 Å². The average molecular weight is 286 g/mol. The van der Waals surface area contributed by atoms with Crippen LogP contribution >= 0.6 is 11.3 Å². The predicted octanol–water partition coefficient (Wildman–Crippen LogP) is 1.60. The summed E-state index contributed by atoms with van der Waals surface area (Å²) in [5.74, 6) is 0.613. The van der Waals surface area contributed by atoms with Crippen LogP contribution in [0.3, 0.4) is 0 Å². The Bertz CT molecular complexity index is 604. The molecule has 0 bridgehead atoms. The van der Waals surface area contributed by atoms with Crippen molar-refractivity contribution < 1.29 is 8.42 Å². The van der Waals surface area contributed by atoms with Crippen molar-refractivity contribution in [3.05, 3.63) is 29.4 Å². The Morgan fingerprint density at radius 3 is 2.78 bits per heavy atom. The molecule has 18 heavy (non-hydrogen) atoms. The van der Waals surface area contributed by atoms with E-state index in [2.05, 4.69) is 19.7 Å². The lowest BCUT2D eigenvalue weighted by atomic mass is 10.2. The van der Waals surface area contributed by atoms with Crippen LogP contribution in [0.15, 0.2) is 22.8 Å². The van der Waals surface area contributed by atoms with Gasteiger partial charge in [-0.15, -0.1) is 11.3 Å². The van der Waals surface area contributed by atoms with Crippen molar-refractivity contribution >= 4 is 21.4 Å². The van der Waals surface area contributed by atoms with Crippen molar-refractivity contribution in [1.29, 1.82) is 0 Å². The van der Waals surface area contributed by atoms with Gasteiger partial charge in [0.15, 0.2) is 4.21 Å². The van der Waals surface area contributed by atoms with E-state index in [0.29, 0.717) is 12.2 Å². The Hall–Kier alpha value is -1.25. The maximum absolute atomic E-state index is 12.1. The SMILES string of the molecule is CCC(NS(=O)(=O)c1cnc(C)s1)c1ncc[nH]1. The fraction of sp³-hybridized carbons (Fsp3) is 0.400. The van der Waals surface area contributed by atoms with Gasteiger partial charge >= 0.3 is 0 Å². The van der Waals surface area contributed by atoms with Crippen molar-refractivity contribution in [3.63, 3.8) is 0 Å². The molecule has 6 nitrogen and oxygen atoms in total. The molecule has 0 spiro atoms. The van der Waals surface area contributed by atoms with Crippen molar-refractivity contribution in [2.75, 3.05) is 0 Å². The van der Waals surface area contributed by atoms with Gasteiger partial charge in [-0.3, -0.25) is 0 Å². The summed E-state index contributed by atoms with van der Waals surface area (Å²) in [6, 6.07) is -0.354. The van der Waals surface area contributed by atoms with E-state index in [0.717, 1.165) is 16.3 Å². The third kappa shape index (κ3) is 2.77. The molecule has 0 radical (unpaired) electrons. The Labute approximate surface area is 110 Å². The zero-order valence-electron chi connectivity index (χ0n) is 10.0. The van der Waals surface area contributed by atoms with Gasteiger partial charge in [-0.05, 0) is 13.3 Å². The van der Waals surface area contributed by atoms with E-state index in [-0.39, 0.29) is 10.3 Å². The molecule has 0 saturated carbocycles. The van der Waals surface area contributed by atoms with Crippen LogP contribution in [0.1, 0.15) is 30.2 Å². The molecular formula is C10H14N4O2S2. The highest BCUT2D eigenvalue weighted by molar-refractivity contribution is 7.91. The predicted molar refractivity (Wildman–Crippen MR) is 68.8 cm³/mol. The lowest BCUT2D eigenvalue weighted by Gasteiger charge is -2.13. The summed E-state index contributed by atoms with van der Waals surface area (Å²) < 4.78 is 27.1. The van der Waals surface area contributed by atoms with Crippen molar-refractivity contribution in [3.8, 4) is 0 Å². The molecule has 2 aromatic heterocycles. The second-order valence-corrected chi connectivity index (χ2v) is 6.93. The number of aryl methyl sites for hydroxylation is 1. The van der Waals surface area contributed by atoms with Crippen LogP contribution in [-0.2, 0) is 10.0 Å². The minimum atomic E-state index is -3.53. The molecule has 0 fully saturated rings. The number of hydrogen-bond acceptors (Lipinski definition) is 5. The van der Waals surface area contributed by atoms with E-state index >= 15 is 0 Å². The molecule has 2 N–H and O–H groups in total. The van der Waals surface area contributed by atoms with E-state index in [9.17, 15) is 8.42 Å². The first-order valence-electron chi connectivity index (χ1n) is 5.47. The summed E-state index contributed by atoms with van der Waals surface area (Å²) in [6.45, 7) is 3.67. The van der Waals surface area contributed by atoms with Gasteiger partial charge in [-0.1, -0.05) is 6.92 Å². The number of aromatic nitrogens is 3. The number of thiazole rings is 1. The lowest BCUT2D eigenvalue weighted by molar-refractivity contribution is 0.541. The molecule has 2 heterocycles. The Morgan fingerprint density at radius 2 is 2.28 bits per heavy atom. The summed E-state index contributed by atoms with van der Waals surface area (Å²) in [5.41, 5.74) is 0. The molecular weight excluding hydrogens is 272 g/mol. The van der Waals surface area contributed by atoms with Crippen molar-refractivity contribution in [2.24, 2.45) is 0 Å². The van der Waals surface area contributed by atoms with Gasteiger partial charge in [-0.2, -0.15) is 4.72 Å². The van der Waals surface area contributed by atoms with Crippen molar-refractivity contribution in [2.45, 2.75) is 30.5 Å². The molecule has 98 valence electrons. The van der Waals surface area contributed by atoms with Gasteiger partial charge in [0, 0.05) is 12.4 Å². The first-order chi connectivity index (χ1) is 8.53. The zero-order chi connectivity index (χ0) is 13.2. The van der Waals surface area contributed by atoms with Gasteiger partial charge in [0.2, 0.25) is 0 Å². The maximum Gasteiger partial charge on any atom is 0.252 e. The van der Waals surface area contributed by atoms with Crippen LogP contribution in [0.25, 0.3) is 0 Å².